The Morgan fingerprint density at radius 1 is 1.05 bits per heavy atom. The molecule has 5 heteroatoms. The van der Waals surface area contributed by atoms with E-state index in [1.807, 2.05) is 36.4 Å². The van der Waals surface area contributed by atoms with E-state index in [1.54, 1.807) is 20.3 Å². The first-order chi connectivity index (χ1) is 9.69. The van der Waals surface area contributed by atoms with Crippen molar-refractivity contribution < 1.29 is 9.47 Å². The van der Waals surface area contributed by atoms with Crippen molar-refractivity contribution in [3.05, 3.63) is 58.6 Å². The molecule has 3 N–H and O–H groups in total. The van der Waals surface area contributed by atoms with Gasteiger partial charge in [-0.05, 0) is 35.9 Å². The first-order valence-corrected chi connectivity index (χ1v) is 6.51. The minimum atomic E-state index is -0.213. The third-order valence-corrected chi connectivity index (χ3v) is 3.35. The maximum absolute atomic E-state index is 6.07. The minimum absolute atomic E-state index is 0.213. The number of benzene rings is 2. The molecule has 0 aliphatic rings. The maximum Gasteiger partial charge on any atom is 0.124 e. The number of nitrogens with two attached hydrogens (primary N) is 1. The third kappa shape index (κ3) is 3.04. The molecule has 4 nitrogen and oxygen atoms in total. The molecule has 0 saturated heterocycles. The van der Waals surface area contributed by atoms with Crippen molar-refractivity contribution in [2.45, 2.75) is 6.04 Å². The van der Waals surface area contributed by atoms with Crippen molar-refractivity contribution in [2.75, 3.05) is 14.2 Å². The fourth-order valence-corrected chi connectivity index (χ4v) is 2.27. The predicted octanol–water partition coefficient (Wildman–Crippen LogP) is 2.91. The van der Waals surface area contributed by atoms with Crippen molar-refractivity contribution >= 4 is 11.6 Å². The van der Waals surface area contributed by atoms with Gasteiger partial charge in [0.25, 0.3) is 0 Å². The van der Waals surface area contributed by atoms with E-state index >= 15 is 0 Å². The van der Waals surface area contributed by atoms with Gasteiger partial charge < -0.3 is 9.47 Å². The Labute approximate surface area is 123 Å². The van der Waals surface area contributed by atoms with Crippen molar-refractivity contribution in [3.8, 4) is 11.5 Å². The Morgan fingerprint density at radius 3 is 2.30 bits per heavy atom. The highest BCUT2D eigenvalue weighted by molar-refractivity contribution is 6.30. The van der Waals surface area contributed by atoms with E-state index in [2.05, 4.69) is 5.43 Å². The molecular formula is C15H17ClN2O2. The van der Waals surface area contributed by atoms with E-state index in [0.29, 0.717) is 5.02 Å². The number of halogens is 1. The monoisotopic (exact) mass is 292 g/mol. The summed E-state index contributed by atoms with van der Waals surface area (Å²) in [5, 5.41) is 0.634. The van der Waals surface area contributed by atoms with Crippen LogP contribution in [0.5, 0.6) is 11.5 Å². The molecule has 0 aliphatic heterocycles. The Balaban J connectivity index is 2.43. The molecule has 2 aromatic rings. The van der Waals surface area contributed by atoms with Crippen molar-refractivity contribution in [1.29, 1.82) is 0 Å². The standard InChI is InChI=1S/C15H17ClN2O2/c1-19-12-6-3-10(4-7-12)15(18-17)13-9-11(16)5-8-14(13)20-2/h3-9,15,18H,17H2,1-2H3. The van der Waals surface area contributed by atoms with Gasteiger partial charge in [0.2, 0.25) is 0 Å². The summed E-state index contributed by atoms with van der Waals surface area (Å²) in [6.07, 6.45) is 0. The van der Waals surface area contributed by atoms with Gasteiger partial charge in [-0.1, -0.05) is 23.7 Å². The smallest absolute Gasteiger partial charge is 0.124 e. The first kappa shape index (κ1) is 14.7. The maximum atomic E-state index is 6.07. The molecule has 0 saturated carbocycles. The molecule has 0 fully saturated rings. The summed E-state index contributed by atoms with van der Waals surface area (Å²) < 4.78 is 10.5. The second kappa shape index (κ2) is 6.61. The van der Waals surface area contributed by atoms with Crippen LogP contribution >= 0.6 is 11.6 Å². The van der Waals surface area contributed by atoms with E-state index in [1.165, 1.54) is 0 Å². The fourth-order valence-electron chi connectivity index (χ4n) is 2.09. The van der Waals surface area contributed by atoms with Crippen LogP contribution in [0.1, 0.15) is 17.2 Å². The highest BCUT2D eigenvalue weighted by atomic mass is 35.5. The molecule has 0 aliphatic carbocycles. The lowest BCUT2D eigenvalue weighted by Gasteiger charge is -2.20. The number of methoxy groups -OCH3 is 2. The van der Waals surface area contributed by atoms with Crippen LogP contribution in [-0.2, 0) is 0 Å². The van der Waals surface area contributed by atoms with Crippen LogP contribution in [0.2, 0.25) is 5.02 Å². The predicted molar refractivity (Wildman–Crippen MR) is 80.2 cm³/mol. The summed E-state index contributed by atoms with van der Waals surface area (Å²) in [6, 6.07) is 12.9. The van der Waals surface area contributed by atoms with Gasteiger partial charge in [0.05, 0.1) is 20.3 Å². The van der Waals surface area contributed by atoms with Gasteiger partial charge in [0.15, 0.2) is 0 Å². The number of hydrogen-bond donors (Lipinski definition) is 2. The normalized spacial score (nSPS) is 12.0. The Bertz CT molecular complexity index is 573. The molecule has 0 bridgehead atoms. The summed E-state index contributed by atoms with van der Waals surface area (Å²) in [6.45, 7) is 0. The number of ether oxygens (including phenoxy) is 2. The molecule has 2 aromatic carbocycles. The molecule has 0 heterocycles. The Kier molecular flexibility index (Phi) is 4.84. The topological polar surface area (TPSA) is 56.5 Å². The van der Waals surface area contributed by atoms with Gasteiger partial charge >= 0.3 is 0 Å². The van der Waals surface area contributed by atoms with Crippen molar-refractivity contribution in [1.82, 2.24) is 5.43 Å². The minimum Gasteiger partial charge on any atom is -0.497 e. The van der Waals surface area contributed by atoms with Crippen LogP contribution in [-0.4, -0.2) is 14.2 Å². The lowest BCUT2D eigenvalue weighted by molar-refractivity contribution is 0.404. The van der Waals surface area contributed by atoms with Gasteiger partial charge in [-0.3, -0.25) is 5.84 Å². The van der Waals surface area contributed by atoms with Gasteiger partial charge in [-0.25, -0.2) is 5.43 Å². The van der Waals surface area contributed by atoms with Crippen LogP contribution in [0.3, 0.4) is 0 Å². The van der Waals surface area contributed by atoms with Crippen LogP contribution in [0.15, 0.2) is 42.5 Å². The molecule has 0 amide bonds. The zero-order valence-electron chi connectivity index (χ0n) is 11.4. The molecule has 1 atom stereocenters. The average Bonchev–Trinajstić information content (AvgIpc) is 2.49. The SMILES string of the molecule is COc1ccc(C(NN)c2cc(Cl)ccc2OC)cc1. The van der Waals surface area contributed by atoms with Crippen LogP contribution in [0, 0.1) is 0 Å². The highest BCUT2D eigenvalue weighted by Gasteiger charge is 2.17. The van der Waals surface area contributed by atoms with E-state index in [9.17, 15) is 0 Å². The summed E-state index contributed by atoms with van der Waals surface area (Å²) in [5.74, 6) is 7.22. The molecule has 1 unspecified atom stereocenters. The van der Waals surface area contributed by atoms with Crippen LogP contribution < -0.4 is 20.7 Å². The molecule has 0 radical (unpaired) electrons. The Hall–Kier alpha value is -1.75. The van der Waals surface area contributed by atoms with E-state index in [0.717, 1.165) is 22.6 Å². The quantitative estimate of drug-likeness (QED) is 0.657. The van der Waals surface area contributed by atoms with Gasteiger partial charge in [-0.2, -0.15) is 0 Å². The molecule has 106 valence electrons. The molecule has 20 heavy (non-hydrogen) atoms. The van der Waals surface area contributed by atoms with Gasteiger partial charge in [0, 0.05) is 10.6 Å². The summed E-state index contributed by atoms with van der Waals surface area (Å²) >= 11 is 6.07. The fraction of sp³-hybridized carbons (Fsp3) is 0.200. The number of hydrogen-bond acceptors (Lipinski definition) is 4. The zero-order chi connectivity index (χ0) is 14.5. The second-order valence-electron chi connectivity index (χ2n) is 4.26. The first-order valence-electron chi connectivity index (χ1n) is 6.13. The Morgan fingerprint density at radius 2 is 1.75 bits per heavy atom. The lowest BCUT2D eigenvalue weighted by atomic mass is 9.98. The molecule has 2 rings (SSSR count). The van der Waals surface area contributed by atoms with E-state index in [-0.39, 0.29) is 6.04 Å². The molecule has 0 aromatic heterocycles. The summed E-state index contributed by atoms with van der Waals surface area (Å²) in [5.41, 5.74) is 4.67. The van der Waals surface area contributed by atoms with Gasteiger partial charge in [-0.15, -0.1) is 0 Å². The van der Waals surface area contributed by atoms with E-state index in [4.69, 9.17) is 26.9 Å². The lowest BCUT2D eigenvalue weighted by Crippen LogP contribution is -2.29. The van der Waals surface area contributed by atoms with Crippen LogP contribution in [0.25, 0.3) is 0 Å². The number of rotatable bonds is 5. The highest BCUT2D eigenvalue weighted by Crippen LogP contribution is 2.32. The third-order valence-electron chi connectivity index (χ3n) is 3.12. The largest absolute Gasteiger partial charge is 0.497 e. The average molecular weight is 293 g/mol. The second-order valence-corrected chi connectivity index (χ2v) is 4.70. The number of nitrogens with one attached hydrogen (secondary N) is 1. The van der Waals surface area contributed by atoms with Crippen molar-refractivity contribution in [2.24, 2.45) is 5.84 Å². The number of hydrazine groups is 1. The van der Waals surface area contributed by atoms with Gasteiger partial charge in [0.1, 0.15) is 11.5 Å². The summed E-state index contributed by atoms with van der Waals surface area (Å²) in [4.78, 5) is 0. The molecule has 0 spiro atoms. The summed E-state index contributed by atoms with van der Waals surface area (Å²) in [7, 11) is 3.25. The van der Waals surface area contributed by atoms with E-state index < -0.39 is 0 Å². The van der Waals surface area contributed by atoms with Crippen molar-refractivity contribution in [3.63, 3.8) is 0 Å². The van der Waals surface area contributed by atoms with Crippen LogP contribution in [0.4, 0.5) is 0 Å². The zero-order valence-corrected chi connectivity index (χ0v) is 12.1. The molecular weight excluding hydrogens is 276 g/mol.